The fourth-order valence-corrected chi connectivity index (χ4v) is 3.87. The van der Waals surface area contributed by atoms with E-state index in [-0.39, 0.29) is 11.8 Å². The quantitative estimate of drug-likeness (QED) is 0.719. The maximum Gasteiger partial charge on any atom is 0.257 e. The van der Waals surface area contributed by atoms with Gasteiger partial charge in [0.15, 0.2) is 0 Å². The van der Waals surface area contributed by atoms with Crippen LogP contribution in [-0.2, 0) is 0 Å². The molecule has 6 nitrogen and oxygen atoms in total. The minimum atomic E-state index is 0.00594. The number of likely N-dealkylation sites (tertiary alicyclic amines) is 1. The smallest absolute Gasteiger partial charge is 0.257 e. The van der Waals surface area contributed by atoms with Crippen LogP contribution in [0.5, 0.6) is 0 Å². The number of thiophene rings is 1. The van der Waals surface area contributed by atoms with Crippen molar-refractivity contribution in [2.75, 3.05) is 13.1 Å². The van der Waals surface area contributed by atoms with Crippen LogP contribution < -0.4 is 0 Å². The number of pyridine rings is 1. The summed E-state index contributed by atoms with van der Waals surface area (Å²) < 4.78 is 5.89. The standard InChI is InChI=1S/C18H18N4O2S/c1-12-6-7-15(25-12)17-21-20-16(24-17)14-5-3-9-22(11-14)18(23)13-4-2-8-19-10-13/h2,4,6-8,10,14H,3,5,9,11H2,1H3. The highest BCUT2D eigenvalue weighted by atomic mass is 32.1. The Labute approximate surface area is 149 Å². The molecule has 0 spiro atoms. The first-order valence-corrected chi connectivity index (χ1v) is 9.12. The fraction of sp³-hybridized carbons (Fsp3) is 0.333. The summed E-state index contributed by atoms with van der Waals surface area (Å²) in [5.41, 5.74) is 0.614. The van der Waals surface area contributed by atoms with Gasteiger partial charge in [-0.15, -0.1) is 21.5 Å². The number of piperidine rings is 1. The molecule has 1 saturated heterocycles. The second-order valence-electron chi connectivity index (χ2n) is 6.19. The van der Waals surface area contributed by atoms with E-state index in [9.17, 15) is 4.79 Å². The Bertz CT molecular complexity index is 874. The highest BCUT2D eigenvalue weighted by molar-refractivity contribution is 7.15. The largest absolute Gasteiger partial charge is 0.420 e. The van der Waals surface area contributed by atoms with Gasteiger partial charge in [0.25, 0.3) is 11.8 Å². The van der Waals surface area contributed by atoms with Crippen LogP contribution in [0.15, 0.2) is 41.1 Å². The fourth-order valence-electron chi connectivity index (χ4n) is 3.08. The molecular weight excluding hydrogens is 336 g/mol. The van der Waals surface area contributed by atoms with Crippen LogP contribution in [0.2, 0.25) is 0 Å². The van der Waals surface area contributed by atoms with Gasteiger partial charge in [-0.1, -0.05) is 0 Å². The molecule has 3 aromatic heterocycles. The minimum Gasteiger partial charge on any atom is -0.420 e. The molecule has 0 N–H and O–H groups in total. The van der Waals surface area contributed by atoms with Gasteiger partial charge in [0.05, 0.1) is 16.4 Å². The van der Waals surface area contributed by atoms with E-state index >= 15 is 0 Å². The van der Waals surface area contributed by atoms with E-state index in [1.54, 1.807) is 35.9 Å². The van der Waals surface area contributed by atoms with Gasteiger partial charge in [-0.2, -0.15) is 0 Å². The lowest BCUT2D eigenvalue weighted by Gasteiger charge is -2.31. The average Bonchev–Trinajstić information content (AvgIpc) is 3.31. The van der Waals surface area contributed by atoms with Crippen molar-refractivity contribution < 1.29 is 9.21 Å². The van der Waals surface area contributed by atoms with E-state index in [1.165, 1.54) is 4.88 Å². The third-order valence-corrected chi connectivity index (χ3v) is 5.35. The van der Waals surface area contributed by atoms with Crippen molar-refractivity contribution in [3.05, 3.63) is 53.0 Å². The first-order valence-electron chi connectivity index (χ1n) is 8.30. The number of carbonyl (C=O) groups is 1. The van der Waals surface area contributed by atoms with E-state index in [0.29, 0.717) is 23.9 Å². The molecule has 1 unspecified atom stereocenters. The lowest BCUT2D eigenvalue weighted by atomic mass is 9.97. The van der Waals surface area contributed by atoms with Crippen LogP contribution >= 0.6 is 11.3 Å². The lowest BCUT2D eigenvalue weighted by Crippen LogP contribution is -2.39. The van der Waals surface area contributed by atoms with Crippen molar-refractivity contribution in [3.63, 3.8) is 0 Å². The summed E-state index contributed by atoms with van der Waals surface area (Å²) in [7, 11) is 0. The maximum atomic E-state index is 12.6. The molecule has 0 radical (unpaired) electrons. The van der Waals surface area contributed by atoms with Gasteiger partial charge in [0, 0.05) is 30.4 Å². The third-order valence-electron chi connectivity index (χ3n) is 4.36. The third kappa shape index (κ3) is 3.32. The van der Waals surface area contributed by atoms with Crippen molar-refractivity contribution >= 4 is 17.2 Å². The van der Waals surface area contributed by atoms with Crippen molar-refractivity contribution in [1.82, 2.24) is 20.1 Å². The minimum absolute atomic E-state index is 0.00594. The van der Waals surface area contributed by atoms with Crippen LogP contribution in [0.4, 0.5) is 0 Å². The number of aromatic nitrogens is 3. The van der Waals surface area contributed by atoms with Crippen LogP contribution in [-0.4, -0.2) is 39.1 Å². The molecule has 7 heteroatoms. The molecule has 25 heavy (non-hydrogen) atoms. The zero-order valence-electron chi connectivity index (χ0n) is 13.9. The second kappa shape index (κ2) is 6.76. The van der Waals surface area contributed by atoms with Gasteiger partial charge in [-0.3, -0.25) is 9.78 Å². The van der Waals surface area contributed by atoms with Crippen molar-refractivity contribution in [2.24, 2.45) is 0 Å². The molecular formula is C18H18N4O2S. The summed E-state index contributed by atoms with van der Waals surface area (Å²) in [5.74, 6) is 1.26. The summed E-state index contributed by atoms with van der Waals surface area (Å²) in [4.78, 5) is 20.7. The van der Waals surface area contributed by atoms with Gasteiger partial charge < -0.3 is 9.32 Å². The molecule has 4 rings (SSSR count). The SMILES string of the molecule is Cc1ccc(-c2nnc(C3CCCN(C(=O)c4cccnc4)C3)o2)s1. The zero-order valence-corrected chi connectivity index (χ0v) is 14.7. The molecule has 1 aliphatic heterocycles. The maximum absolute atomic E-state index is 12.6. The summed E-state index contributed by atoms with van der Waals surface area (Å²) in [6, 6.07) is 7.61. The Morgan fingerprint density at radius 2 is 2.24 bits per heavy atom. The Morgan fingerprint density at radius 1 is 1.32 bits per heavy atom. The molecule has 0 bridgehead atoms. The Balaban J connectivity index is 1.50. The lowest BCUT2D eigenvalue weighted by molar-refractivity contribution is 0.0698. The van der Waals surface area contributed by atoms with E-state index in [4.69, 9.17) is 4.42 Å². The Hall–Kier alpha value is -2.54. The predicted molar refractivity (Wildman–Crippen MR) is 94.5 cm³/mol. The normalized spacial score (nSPS) is 17.6. The van der Waals surface area contributed by atoms with Gasteiger partial charge in [0.2, 0.25) is 5.89 Å². The Kier molecular flexibility index (Phi) is 4.31. The molecule has 1 aliphatic rings. The molecule has 1 amide bonds. The van der Waals surface area contributed by atoms with Crippen molar-refractivity contribution in [3.8, 4) is 10.8 Å². The molecule has 1 atom stereocenters. The summed E-state index contributed by atoms with van der Waals surface area (Å²) in [6.45, 7) is 3.39. The highest BCUT2D eigenvalue weighted by Crippen LogP contribution is 2.31. The van der Waals surface area contributed by atoms with Crippen LogP contribution in [0.25, 0.3) is 10.8 Å². The van der Waals surface area contributed by atoms with Crippen molar-refractivity contribution in [1.29, 1.82) is 0 Å². The number of amides is 1. The molecule has 0 aromatic carbocycles. The molecule has 0 aliphatic carbocycles. The molecule has 128 valence electrons. The number of carbonyl (C=O) groups excluding carboxylic acids is 1. The van der Waals surface area contributed by atoms with E-state index in [0.717, 1.165) is 24.3 Å². The van der Waals surface area contributed by atoms with Crippen LogP contribution in [0.3, 0.4) is 0 Å². The van der Waals surface area contributed by atoms with Crippen LogP contribution in [0, 0.1) is 6.92 Å². The van der Waals surface area contributed by atoms with Crippen molar-refractivity contribution in [2.45, 2.75) is 25.7 Å². The summed E-state index contributed by atoms with van der Waals surface area (Å²) >= 11 is 1.64. The highest BCUT2D eigenvalue weighted by Gasteiger charge is 2.29. The second-order valence-corrected chi connectivity index (χ2v) is 7.48. The number of hydrogen-bond acceptors (Lipinski definition) is 6. The molecule has 3 aromatic rings. The topological polar surface area (TPSA) is 72.1 Å². The zero-order chi connectivity index (χ0) is 17.2. The molecule has 0 saturated carbocycles. The summed E-state index contributed by atoms with van der Waals surface area (Å²) in [5, 5.41) is 8.42. The van der Waals surface area contributed by atoms with Gasteiger partial charge >= 0.3 is 0 Å². The van der Waals surface area contributed by atoms with Gasteiger partial charge in [0.1, 0.15) is 0 Å². The monoisotopic (exact) mass is 354 g/mol. The van der Waals surface area contributed by atoms with E-state index in [2.05, 4.69) is 22.1 Å². The molecule has 4 heterocycles. The first-order chi connectivity index (χ1) is 12.2. The van der Waals surface area contributed by atoms with E-state index < -0.39 is 0 Å². The van der Waals surface area contributed by atoms with Gasteiger partial charge in [-0.25, -0.2) is 0 Å². The van der Waals surface area contributed by atoms with Crippen LogP contribution in [0.1, 0.15) is 39.9 Å². The summed E-state index contributed by atoms with van der Waals surface area (Å²) in [6.07, 6.45) is 5.15. The number of rotatable bonds is 3. The van der Waals surface area contributed by atoms with E-state index in [1.807, 2.05) is 17.0 Å². The number of hydrogen-bond donors (Lipinski definition) is 0. The number of aryl methyl sites for hydroxylation is 1. The van der Waals surface area contributed by atoms with Gasteiger partial charge in [-0.05, 0) is 44.0 Å². The molecule has 1 fully saturated rings. The average molecular weight is 354 g/mol. The first kappa shape index (κ1) is 16.0. The predicted octanol–water partition coefficient (Wildman–Crippen LogP) is 3.52. The number of nitrogens with zero attached hydrogens (tertiary/aromatic N) is 4. The Morgan fingerprint density at radius 3 is 3.00 bits per heavy atom.